The highest BCUT2D eigenvalue weighted by atomic mass is 32.2. The van der Waals surface area contributed by atoms with Crippen LogP contribution in [0.1, 0.15) is 44.0 Å². The molecule has 2 N–H and O–H groups in total. The summed E-state index contributed by atoms with van der Waals surface area (Å²) >= 11 is 1.07. The number of benzene rings is 1. The largest absolute Gasteiger partial charge is 0.477 e. The second kappa shape index (κ2) is 8.89. The number of hydrogen-bond acceptors (Lipinski definition) is 5. The van der Waals surface area contributed by atoms with E-state index in [1.165, 1.54) is 24.9 Å². The second-order valence-corrected chi connectivity index (χ2v) is 7.38. The Kier molecular flexibility index (Phi) is 6.33. The molecule has 1 aromatic heterocycles. The third-order valence-corrected chi connectivity index (χ3v) is 5.20. The molecule has 0 spiro atoms. The number of aromatic nitrogens is 3. The molecular formula is C19H24N4O2S. The van der Waals surface area contributed by atoms with Crippen molar-refractivity contribution in [1.82, 2.24) is 15.2 Å². The molecular weight excluding hydrogens is 348 g/mol. The SMILES string of the molecule is CCCc1nc(S/C(=C/c2ccc(N3CCCCC3)cc2)C(=O)O)n[nH]1. The number of rotatable bonds is 7. The van der Waals surface area contributed by atoms with E-state index in [1.54, 1.807) is 6.08 Å². The molecule has 7 heteroatoms. The Hall–Kier alpha value is -2.28. The van der Waals surface area contributed by atoms with Gasteiger partial charge in [-0.15, -0.1) is 5.10 Å². The van der Waals surface area contributed by atoms with Crippen LogP contribution in [-0.2, 0) is 11.2 Å². The topological polar surface area (TPSA) is 82.1 Å². The molecule has 2 aromatic rings. The molecule has 6 nitrogen and oxygen atoms in total. The molecule has 0 saturated carbocycles. The summed E-state index contributed by atoms with van der Waals surface area (Å²) in [5.41, 5.74) is 2.06. The number of nitrogens with zero attached hydrogens (tertiary/aromatic N) is 3. The standard InChI is InChI=1S/C19H24N4O2S/c1-2-6-17-20-19(22-21-17)26-16(18(24)25)13-14-7-9-15(10-8-14)23-11-4-3-5-12-23/h7-10,13H,2-6,11-12H2,1H3,(H,24,25)(H,20,21,22)/b16-13+. The lowest BCUT2D eigenvalue weighted by Gasteiger charge is -2.28. The second-order valence-electron chi connectivity index (χ2n) is 6.37. The highest BCUT2D eigenvalue weighted by Crippen LogP contribution is 2.27. The molecule has 0 aliphatic carbocycles. The van der Waals surface area contributed by atoms with Crippen molar-refractivity contribution in [3.63, 3.8) is 0 Å². The summed E-state index contributed by atoms with van der Waals surface area (Å²) in [5, 5.41) is 16.9. The number of aryl methyl sites for hydroxylation is 1. The molecule has 1 fully saturated rings. The number of aliphatic carboxylic acids is 1. The van der Waals surface area contributed by atoms with Crippen LogP contribution in [-0.4, -0.2) is 39.3 Å². The van der Waals surface area contributed by atoms with E-state index in [0.29, 0.717) is 5.16 Å². The molecule has 0 bridgehead atoms. The Labute approximate surface area is 157 Å². The molecule has 1 aromatic carbocycles. The summed E-state index contributed by atoms with van der Waals surface area (Å²) in [7, 11) is 0. The quantitative estimate of drug-likeness (QED) is 0.565. The third kappa shape index (κ3) is 4.88. The first-order valence-corrected chi connectivity index (χ1v) is 9.86. The van der Waals surface area contributed by atoms with Gasteiger partial charge in [0.1, 0.15) is 10.7 Å². The van der Waals surface area contributed by atoms with Crippen molar-refractivity contribution in [2.24, 2.45) is 0 Å². The lowest BCUT2D eigenvalue weighted by atomic mass is 10.1. The fourth-order valence-electron chi connectivity index (χ4n) is 2.99. The van der Waals surface area contributed by atoms with E-state index in [4.69, 9.17) is 0 Å². The summed E-state index contributed by atoms with van der Waals surface area (Å²) in [6.45, 7) is 4.25. The number of H-pyrrole nitrogens is 1. The van der Waals surface area contributed by atoms with Gasteiger partial charge in [-0.3, -0.25) is 5.10 Å². The molecule has 3 rings (SSSR count). The molecule has 1 aliphatic rings. The number of aromatic amines is 1. The van der Waals surface area contributed by atoms with Crippen LogP contribution >= 0.6 is 11.8 Å². The van der Waals surface area contributed by atoms with Crippen LogP contribution in [0.5, 0.6) is 0 Å². The Balaban J connectivity index is 1.72. The minimum Gasteiger partial charge on any atom is -0.477 e. The zero-order valence-electron chi connectivity index (χ0n) is 14.9. The van der Waals surface area contributed by atoms with Gasteiger partial charge in [0, 0.05) is 25.2 Å². The van der Waals surface area contributed by atoms with Crippen LogP contribution in [0, 0.1) is 0 Å². The van der Waals surface area contributed by atoms with Gasteiger partial charge < -0.3 is 10.0 Å². The van der Waals surface area contributed by atoms with Crippen LogP contribution in [0.3, 0.4) is 0 Å². The maximum Gasteiger partial charge on any atom is 0.342 e. The van der Waals surface area contributed by atoms with Gasteiger partial charge in [0.2, 0.25) is 5.16 Å². The van der Waals surface area contributed by atoms with Crippen molar-refractivity contribution in [3.8, 4) is 0 Å². The summed E-state index contributed by atoms with van der Waals surface area (Å²) in [6, 6.07) is 8.06. The van der Waals surface area contributed by atoms with Crippen LogP contribution in [0.2, 0.25) is 0 Å². The Morgan fingerprint density at radius 3 is 2.65 bits per heavy atom. The first kappa shape index (κ1) is 18.5. The van der Waals surface area contributed by atoms with Crippen molar-refractivity contribution < 1.29 is 9.90 Å². The number of hydrogen-bond donors (Lipinski definition) is 2. The van der Waals surface area contributed by atoms with Gasteiger partial charge in [0.15, 0.2) is 0 Å². The smallest absolute Gasteiger partial charge is 0.342 e. The van der Waals surface area contributed by atoms with Crippen LogP contribution < -0.4 is 4.90 Å². The summed E-state index contributed by atoms with van der Waals surface area (Å²) in [5.74, 6) is -0.192. The molecule has 1 aliphatic heterocycles. The van der Waals surface area contributed by atoms with Gasteiger partial charge in [-0.25, -0.2) is 9.78 Å². The molecule has 0 atom stereocenters. The predicted molar refractivity (Wildman–Crippen MR) is 104 cm³/mol. The maximum absolute atomic E-state index is 11.6. The minimum atomic E-state index is -0.975. The van der Waals surface area contributed by atoms with Gasteiger partial charge >= 0.3 is 5.97 Å². The first-order valence-electron chi connectivity index (χ1n) is 9.05. The number of thioether (sulfide) groups is 1. The third-order valence-electron chi connectivity index (χ3n) is 4.32. The van der Waals surface area contributed by atoms with E-state index >= 15 is 0 Å². The van der Waals surface area contributed by atoms with Crippen molar-refractivity contribution in [1.29, 1.82) is 0 Å². The molecule has 0 unspecified atom stereocenters. The van der Waals surface area contributed by atoms with Crippen LogP contribution in [0.4, 0.5) is 5.69 Å². The van der Waals surface area contributed by atoms with E-state index in [9.17, 15) is 9.90 Å². The van der Waals surface area contributed by atoms with Crippen molar-refractivity contribution >= 4 is 29.5 Å². The minimum absolute atomic E-state index is 0.206. The first-order chi connectivity index (χ1) is 12.7. The zero-order valence-corrected chi connectivity index (χ0v) is 15.8. The monoisotopic (exact) mass is 372 g/mol. The van der Waals surface area contributed by atoms with Gasteiger partial charge in [-0.1, -0.05) is 19.1 Å². The number of nitrogens with one attached hydrogen (secondary N) is 1. The van der Waals surface area contributed by atoms with Crippen LogP contribution in [0.15, 0.2) is 34.3 Å². The van der Waals surface area contributed by atoms with E-state index in [2.05, 4.69) is 39.1 Å². The normalized spacial score (nSPS) is 15.3. The molecule has 2 heterocycles. The number of piperidine rings is 1. The molecule has 138 valence electrons. The van der Waals surface area contributed by atoms with Crippen molar-refractivity contribution in [2.45, 2.75) is 44.2 Å². The molecule has 1 saturated heterocycles. The predicted octanol–water partition coefficient (Wildman–Crippen LogP) is 3.97. The highest BCUT2D eigenvalue weighted by molar-refractivity contribution is 8.04. The molecule has 0 amide bonds. The zero-order chi connectivity index (χ0) is 18.4. The Morgan fingerprint density at radius 1 is 1.27 bits per heavy atom. The average molecular weight is 372 g/mol. The summed E-state index contributed by atoms with van der Waals surface area (Å²) in [4.78, 5) is 18.5. The van der Waals surface area contributed by atoms with Crippen molar-refractivity contribution in [3.05, 3.63) is 40.6 Å². The number of carboxylic acids is 1. The van der Waals surface area contributed by atoms with Crippen LogP contribution in [0.25, 0.3) is 6.08 Å². The molecule has 0 radical (unpaired) electrons. The fourth-order valence-corrected chi connectivity index (χ4v) is 3.72. The fraction of sp³-hybridized carbons (Fsp3) is 0.421. The number of carbonyl (C=O) groups is 1. The Morgan fingerprint density at radius 2 is 2.00 bits per heavy atom. The maximum atomic E-state index is 11.6. The number of carboxylic acid groups (broad SMARTS) is 1. The lowest BCUT2D eigenvalue weighted by molar-refractivity contribution is -0.131. The van der Waals surface area contributed by atoms with E-state index in [0.717, 1.165) is 49.1 Å². The number of anilines is 1. The summed E-state index contributed by atoms with van der Waals surface area (Å²) in [6.07, 6.45) is 7.21. The van der Waals surface area contributed by atoms with E-state index in [-0.39, 0.29) is 4.91 Å². The lowest BCUT2D eigenvalue weighted by Crippen LogP contribution is -2.29. The summed E-state index contributed by atoms with van der Waals surface area (Å²) < 4.78 is 0. The average Bonchev–Trinajstić information content (AvgIpc) is 3.10. The van der Waals surface area contributed by atoms with Gasteiger partial charge in [0.25, 0.3) is 0 Å². The highest BCUT2D eigenvalue weighted by Gasteiger charge is 2.14. The van der Waals surface area contributed by atoms with Gasteiger partial charge in [-0.2, -0.15) is 0 Å². The van der Waals surface area contributed by atoms with E-state index in [1.807, 2.05) is 12.1 Å². The Bertz CT molecular complexity index is 764. The van der Waals surface area contributed by atoms with Gasteiger partial charge in [-0.05, 0) is 61.2 Å². The van der Waals surface area contributed by atoms with Gasteiger partial charge in [0.05, 0.1) is 0 Å². The van der Waals surface area contributed by atoms with E-state index < -0.39 is 5.97 Å². The molecule has 26 heavy (non-hydrogen) atoms. The van der Waals surface area contributed by atoms with Crippen molar-refractivity contribution in [2.75, 3.05) is 18.0 Å².